The van der Waals surface area contributed by atoms with Crippen LogP contribution in [0.2, 0.25) is 0 Å². The number of Topliss-reactive ketones (excluding diaryl/α,β-unsaturated/α-hetero) is 1. The van der Waals surface area contributed by atoms with Crippen molar-refractivity contribution in [2.75, 3.05) is 34.3 Å². The molecule has 1 saturated heterocycles. The number of ether oxygens (including phenoxy) is 1. The van der Waals surface area contributed by atoms with E-state index in [9.17, 15) is 19.1 Å². The Morgan fingerprint density at radius 3 is 2.52 bits per heavy atom. The van der Waals surface area contributed by atoms with Gasteiger partial charge in [0.2, 0.25) is 0 Å². The fourth-order valence-electron chi connectivity index (χ4n) is 3.86. The molecule has 164 valence electrons. The number of ketones is 1. The van der Waals surface area contributed by atoms with E-state index >= 15 is 0 Å². The monoisotopic (exact) mass is 426 g/mol. The highest BCUT2D eigenvalue weighted by Crippen LogP contribution is 2.41. The van der Waals surface area contributed by atoms with Crippen molar-refractivity contribution in [3.05, 3.63) is 70.5 Å². The van der Waals surface area contributed by atoms with E-state index in [0.29, 0.717) is 29.8 Å². The Balaban J connectivity index is 2.14. The smallest absolute Gasteiger partial charge is 0.295 e. The summed E-state index contributed by atoms with van der Waals surface area (Å²) in [7, 11) is 5.36. The lowest BCUT2D eigenvalue weighted by atomic mass is 9.93. The molecule has 3 rings (SSSR count). The van der Waals surface area contributed by atoms with E-state index in [1.807, 2.05) is 19.0 Å². The molecule has 1 N–H and O–H groups in total. The second kappa shape index (κ2) is 9.31. The normalized spacial score (nSPS) is 18.1. The van der Waals surface area contributed by atoms with Gasteiger partial charge in [0.1, 0.15) is 17.3 Å². The first kappa shape index (κ1) is 22.5. The number of methoxy groups -OCH3 is 1. The minimum absolute atomic E-state index is 0.104. The number of carbonyl (C=O) groups is 2. The van der Waals surface area contributed by atoms with Gasteiger partial charge < -0.3 is 19.6 Å². The minimum atomic E-state index is -0.995. The second-order valence-corrected chi connectivity index (χ2v) is 7.85. The Hall–Kier alpha value is -3.19. The van der Waals surface area contributed by atoms with Crippen molar-refractivity contribution in [2.45, 2.75) is 19.4 Å². The van der Waals surface area contributed by atoms with Crippen LogP contribution < -0.4 is 4.74 Å². The van der Waals surface area contributed by atoms with Gasteiger partial charge in [-0.15, -0.1) is 0 Å². The van der Waals surface area contributed by atoms with Gasteiger partial charge in [-0.25, -0.2) is 4.39 Å². The SMILES string of the molecule is COc1ccc(/C(O)=C2\C(=O)C(=O)N(CCCN(C)C)C2c2ccccc2F)c(C)c1. The van der Waals surface area contributed by atoms with E-state index in [2.05, 4.69) is 0 Å². The summed E-state index contributed by atoms with van der Waals surface area (Å²) < 4.78 is 20.0. The number of nitrogens with zero attached hydrogens (tertiary/aromatic N) is 2. The molecule has 1 atom stereocenters. The van der Waals surface area contributed by atoms with E-state index in [4.69, 9.17) is 4.74 Å². The van der Waals surface area contributed by atoms with Gasteiger partial charge in [-0.3, -0.25) is 9.59 Å². The van der Waals surface area contributed by atoms with Crippen LogP contribution in [-0.2, 0) is 9.59 Å². The second-order valence-electron chi connectivity index (χ2n) is 7.85. The van der Waals surface area contributed by atoms with Crippen molar-refractivity contribution in [2.24, 2.45) is 0 Å². The molecule has 1 fully saturated rings. The number of aryl methyl sites for hydroxylation is 1. The molecule has 0 saturated carbocycles. The van der Waals surface area contributed by atoms with Gasteiger partial charge in [-0.1, -0.05) is 18.2 Å². The molecule has 1 amide bonds. The zero-order valence-corrected chi connectivity index (χ0v) is 18.2. The maximum absolute atomic E-state index is 14.8. The van der Waals surface area contributed by atoms with Crippen LogP contribution in [0.25, 0.3) is 5.76 Å². The highest BCUT2D eigenvalue weighted by molar-refractivity contribution is 6.46. The molecule has 0 radical (unpaired) electrons. The zero-order chi connectivity index (χ0) is 22.7. The average Bonchev–Trinajstić information content (AvgIpc) is 2.98. The molecule has 0 bridgehead atoms. The van der Waals surface area contributed by atoms with Crippen LogP contribution in [0.4, 0.5) is 4.39 Å². The van der Waals surface area contributed by atoms with Crippen molar-refractivity contribution in [1.82, 2.24) is 9.80 Å². The van der Waals surface area contributed by atoms with Gasteiger partial charge in [0.05, 0.1) is 18.7 Å². The molecule has 1 unspecified atom stereocenters. The maximum atomic E-state index is 14.8. The maximum Gasteiger partial charge on any atom is 0.295 e. The van der Waals surface area contributed by atoms with Gasteiger partial charge >= 0.3 is 0 Å². The first-order valence-electron chi connectivity index (χ1n) is 10.1. The van der Waals surface area contributed by atoms with Gasteiger partial charge in [0.15, 0.2) is 0 Å². The molecule has 0 aliphatic carbocycles. The van der Waals surface area contributed by atoms with Crippen molar-refractivity contribution in [3.63, 3.8) is 0 Å². The third-order valence-electron chi connectivity index (χ3n) is 5.43. The average molecular weight is 426 g/mol. The third-order valence-corrected chi connectivity index (χ3v) is 5.43. The minimum Gasteiger partial charge on any atom is -0.507 e. The Kier molecular flexibility index (Phi) is 6.75. The zero-order valence-electron chi connectivity index (χ0n) is 18.2. The Labute approximate surface area is 181 Å². The summed E-state index contributed by atoms with van der Waals surface area (Å²) in [5, 5.41) is 11.1. The topological polar surface area (TPSA) is 70.1 Å². The van der Waals surface area contributed by atoms with E-state index in [1.165, 1.54) is 18.1 Å². The molecule has 1 aliphatic rings. The Bertz CT molecular complexity index is 1030. The highest BCUT2D eigenvalue weighted by Gasteiger charge is 2.46. The van der Waals surface area contributed by atoms with E-state index < -0.39 is 23.5 Å². The van der Waals surface area contributed by atoms with Crippen LogP contribution in [0.15, 0.2) is 48.0 Å². The number of aliphatic hydroxyl groups is 1. The molecule has 2 aromatic carbocycles. The van der Waals surface area contributed by atoms with Crippen LogP contribution in [0.5, 0.6) is 5.75 Å². The summed E-state index contributed by atoms with van der Waals surface area (Å²) >= 11 is 0. The number of hydrogen-bond donors (Lipinski definition) is 1. The molecule has 1 aliphatic heterocycles. The molecule has 0 spiro atoms. The van der Waals surface area contributed by atoms with Crippen molar-refractivity contribution in [3.8, 4) is 5.75 Å². The Morgan fingerprint density at radius 2 is 1.90 bits per heavy atom. The number of hydrogen-bond acceptors (Lipinski definition) is 5. The number of amides is 1. The van der Waals surface area contributed by atoms with Crippen LogP contribution in [-0.4, -0.2) is 60.9 Å². The van der Waals surface area contributed by atoms with E-state index in [0.717, 1.165) is 0 Å². The lowest BCUT2D eigenvalue weighted by Crippen LogP contribution is -2.32. The Morgan fingerprint density at radius 1 is 1.19 bits per heavy atom. The number of rotatable bonds is 7. The van der Waals surface area contributed by atoms with Gasteiger partial charge in [-0.2, -0.15) is 0 Å². The summed E-state index contributed by atoms with van der Waals surface area (Å²) in [4.78, 5) is 29.2. The van der Waals surface area contributed by atoms with Crippen LogP contribution in [0.3, 0.4) is 0 Å². The lowest BCUT2D eigenvalue weighted by molar-refractivity contribution is -0.140. The summed E-state index contributed by atoms with van der Waals surface area (Å²) in [6.07, 6.45) is 0.604. The predicted octanol–water partition coefficient (Wildman–Crippen LogP) is 3.52. The van der Waals surface area contributed by atoms with Crippen molar-refractivity contribution >= 4 is 17.4 Å². The van der Waals surface area contributed by atoms with Crippen molar-refractivity contribution < 1.29 is 23.8 Å². The van der Waals surface area contributed by atoms with Gasteiger partial charge in [-0.05, 0) is 63.8 Å². The van der Waals surface area contributed by atoms with E-state index in [1.54, 1.807) is 43.3 Å². The summed E-state index contributed by atoms with van der Waals surface area (Å²) in [6, 6.07) is 10.0. The first-order chi connectivity index (χ1) is 14.8. The van der Waals surface area contributed by atoms with Crippen molar-refractivity contribution in [1.29, 1.82) is 0 Å². The molecular weight excluding hydrogens is 399 g/mol. The number of carbonyl (C=O) groups excluding carboxylic acids is 2. The van der Waals surface area contributed by atoms with E-state index in [-0.39, 0.29) is 23.4 Å². The molecule has 7 heteroatoms. The molecule has 6 nitrogen and oxygen atoms in total. The van der Waals surface area contributed by atoms with Crippen LogP contribution in [0, 0.1) is 12.7 Å². The molecular formula is C24H27FN2O4. The number of benzene rings is 2. The fraction of sp³-hybridized carbons (Fsp3) is 0.333. The number of likely N-dealkylation sites (tertiary alicyclic amines) is 1. The summed E-state index contributed by atoms with van der Waals surface area (Å²) in [5.74, 6) is -1.80. The van der Waals surface area contributed by atoms with Crippen LogP contribution in [0.1, 0.15) is 29.2 Å². The molecule has 2 aromatic rings. The predicted molar refractivity (Wildman–Crippen MR) is 116 cm³/mol. The number of aliphatic hydroxyl groups excluding tert-OH is 1. The van der Waals surface area contributed by atoms with Gasteiger partial charge in [0.25, 0.3) is 11.7 Å². The standard InChI is InChI=1S/C24H27FN2O4/c1-15-14-16(31-4)10-11-17(15)22(28)20-21(18-8-5-6-9-19(18)25)27(24(30)23(20)29)13-7-12-26(2)3/h5-6,8-11,14,21,28H,7,12-13H2,1-4H3/b22-20+. The molecule has 0 aromatic heterocycles. The fourth-order valence-corrected chi connectivity index (χ4v) is 3.86. The quantitative estimate of drug-likeness (QED) is 0.417. The molecule has 31 heavy (non-hydrogen) atoms. The van der Waals surface area contributed by atoms with Crippen LogP contribution >= 0.6 is 0 Å². The molecule has 1 heterocycles. The highest BCUT2D eigenvalue weighted by atomic mass is 19.1. The third kappa shape index (κ3) is 4.46. The summed E-state index contributed by atoms with van der Waals surface area (Å²) in [6.45, 7) is 2.73. The summed E-state index contributed by atoms with van der Waals surface area (Å²) in [5.41, 5.74) is 1.14. The van der Waals surface area contributed by atoms with Gasteiger partial charge in [0, 0.05) is 17.7 Å². The number of halogens is 1. The first-order valence-corrected chi connectivity index (χ1v) is 10.1. The lowest BCUT2D eigenvalue weighted by Gasteiger charge is -2.26. The largest absolute Gasteiger partial charge is 0.507 e.